The van der Waals surface area contributed by atoms with E-state index in [2.05, 4.69) is 10.1 Å². The first-order chi connectivity index (χ1) is 9.79. The summed E-state index contributed by atoms with van der Waals surface area (Å²) in [5.74, 6) is -3.54. The van der Waals surface area contributed by atoms with Crippen molar-refractivity contribution in [3.05, 3.63) is 12.2 Å². The summed E-state index contributed by atoms with van der Waals surface area (Å²) in [4.78, 5) is 14.0. The molecule has 12 nitrogen and oxygen atoms in total. The molecule has 0 aliphatic carbocycles. The van der Waals surface area contributed by atoms with Crippen molar-refractivity contribution in [2.75, 3.05) is 6.61 Å². The number of amidine groups is 1. The number of carboxylic acid groups (broad SMARTS) is 1. The molecule has 1 amide bonds. The van der Waals surface area contributed by atoms with E-state index in [1.807, 2.05) is 0 Å². The summed E-state index contributed by atoms with van der Waals surface area (Å²) in [7, 11) is 0. The Kier molecular flexibility index (Phi) is 3.89. The molecule has 1 aliphatic rings. The fourth-order valence-corrected chi connectivity index (χ4v) is 1.82. The predicted molar refractivity (Wildman–Crippen MR) is 62.2 cm³/mol. The molecule has 1 aliphatic heterocycles. The van der Waals surface area contributed by atoms with Crippen molar-refractivity contribution < 1.29 is 35.1 Å². The van der Waals surface area contributed by atoms with E-state index in [4.69, 9.17) is 20.4 Å². The molecule has 12 heteroatoms. The maximum Gasteiger partial charge on any atom is 0.410 e. The lowest BCUT2D eigenvalue weighted by Crippen LogP contribution is -2.46. The Morgan fingerprint density at radius 3 is 2.76 bits per heavy atom. The summed E-state index contributed by atoms with van der Waals surface area (Å²) in [6.07, 6.45) is -5.25. The van der Waals surface area contributed by atoms with E-state index in [9.17, 15) is 20.1 Å². The van der Waals surface area contributed by atoms with E-state index in [0.29, 0.717) is 4.68 Å². The molecule has 0 saturated carbocycles. The second kappa shape index (κ2) is 5.34. The Bertz CT molecular complexity index is 562. The minimum Gasteiger partial charge on any atom is -0.465 e. The highest BCUT2D eigenvalue weighted by Crippen LogP contribution is 2.32. The molecule has 116 valence electrons. The van der Waals surface area contributed by atoms with E-state index < -0.39 is 42.8 Å². The number of hydrogen-bond acceptors (Lipinski definition) is 9. The average Bonchev–Trinajstić information content (AvgIpc) is 2.99. The lowest BCUT2D eigenvalue weighted by Gasteiger charge is -2.25. The fraction of sp³-hybridized carbons (Fsp3) is 0.556. The first-order valence-electron chi connectivity index (χ1n) is 5.67. The number of hydrogen-bond donors (Lipinski definition) is 7. The van der Waals surface area contributed by atoms with Crippen molar-refractivity contribution in [1.29, 1.82) is 5.41 Å². The monoisotopic (exact) mass is 303 g/mol. The molecule has 0 unspecified atom stereocenters. The minimum absolute atomic E-state index is 0.386. The maximum atomic E-state index is 10.4. The van der Waals surface area contributed by atoms with Crippen molar-refractivity contribution >= 4 is 11.9 Å². The Balaban J connectivity index is 2.25. The molecule has 2 heterocycles. The molecular weight excluding hydrogens is 290 g/mol. The maximum absolute atomic E-state index is 10.4. The third kappa shape index (κ3) is 2.57. The van der Waals surface area contributed by atoms with Crippen LogP contribution >= 0.6 is 0 Å². The van der Waals surface area contributed by atoms with Crippen molar-refractivity contribution in [1.82, 2.24) is 20.1 Å². The number of nitrogens with zero attached hydrogens (tertiary/aromatic N) is 3. The number of carbonyl (C=O) groups is 1. The zero-order chi connectivity index (χ0) is 15.8. The Labute approximate surface area is 116 Å². The lowest BCUT2D eigenvalue weighted by molar-refractivity contribution is -0.294. The van der Waals surface area contributed by atoms with Gasteiger partial charge in [0.15, 0.2) is 11.9 Å². The normalized spacial score (nSPS) is 32.1. The van der Waals surface area contributed by atoms with Crippen LogP contribution in [-0.2, 0) is 10.6 Å². The van der Waals surface area contributed by atoms with Crippen LogP contribution in [0.3, 0.4) is 0 Å². The summed E-state index contributed by atoms with van der Waals surface area (Å²) in [5, 5.41) is 59.7. The molecule has 0 bridgehead atoms. The summed E-state index contributed by atoms with van der Waals surface area (Å²) in [6.45, 7) is -0.654. The van der Waals surface area contributed by atoms with Gasteiger partial charge >= 0.3 is 6.09 Å². The molecular formula is C9H13N5O7. The van der Waals surface area contributed by atoms with Gasteiger partial charge in [-0.3, -0.25) is 10.7 Å². The number of ether oxygens (including phenoxy) is 1. The quantitative estimate of drug-likeness (QED) is 0.220. The molecule has 21 heavy (non-hydrogen) atoms. The number of aliphatic hydroxyl groups excluding tert-OH is 3. The van der Waals surface area contributed by atoms with Crippen molar-refractivity contribution in [3.63, 3.8) is 0 Å². The summed E-state index contributed by atoms with van der Waals surface area (Å²) < 4.78 is 5.56. The SMILES string of the molecule is N=C(NC(=O)O)c1ncn([C@]2(O)O[C@H](CO)[C@@H](O)[C@H]2O)n1. The molecule has 2 rings (SSSR count). The molecule has 4 atom stereocenters. The van der Waals surface area contributed by atoms with Gasteiger partial charge in [0.1, 0.15) is 18.5 Å². The van der Waals surface area contributed by atoms with E-state index in [0.717, 1.165) is 6.33 Å². The molecule has 0 radical (unpaired) electrons. The van der Waals surface area contributed by atoms with Crippen molar-refractivity contribution in [2.45, 2.75) is 24.2 Å². The van der Waals surface area contributed by atoms with Crippen LogP contribution in [0.4, 0.5) is 4.79 Å². The predicted octanol–water partition coefficient (Wildman–Crippen LogP) is -3.41. The Morgan fingerprint density at radius 2 is 2.24 bits per heavy atom. The number of aromatic nitrogens is 3. The standard InChI is InChI=1S/C9H13N5O7/c10-6(12-8(18)19)7-11-2-14(13-7)9(20)5(17)4(16)3(1-15)21-9/h2-5,15-17,20H,1H2,(H2,10,12)(H,18,19)/t3-,4-,5-,9-/m1/s1. The van der Waals surface area contributed by atoms with Crippen LogP contribution in [0.25, 0.3) is 0 Å². The molecule has 1 saturated heterocycles. The molecule has 0 aromatic carbocycles. The number of nitrogens with one attached hydrogen (secondary N) is 2. The zero-order valence-corrected chi connectivity index (χ0v) is 10.4. The number of rotatable bonds is 3. The van der Waals surface area contributed by atoms with Gasteiger partial charge in [-0.05, 0) is 0 Å². The van der Waals surface area contributed by atoms with E-state index in [1.165, 1.54) is 0 Å². The second-order valence-electron chi connectivity index (χ2n) is 4.25. The largest absolute Gasteiger partial charge is 0.465 e. The van der Waals surface area contributed by atoms with Crippen LogP contribution in [0, 0.1) is 5.41 Å². The van der Waals surface area contributed by atoms with Gasteiger partial charge in [0.2, 0.25) is 5.82 Å². The van der Waals surface area contributed by atoms with Gasteiger partial charge in [-0.15, -0.1) is 5.10 Å². The first kappa shape index (κ1) is 15.3. The summed E-state index contributed by atoms with van der Waals surface area (Å²) in [5.41, 5.74) is 0. The number of amides is 1. The highest BCUT2D eigenvalue weighted by atomic mass is 16.7. The Morgan fingerprint density at radius 1 is 1.57 bits per heavy atom. The molecule has 1 aromatic rings. The summed E-state index contributed by atoms with van der Waals surface area (Å²) >= 11 is 0. The van der Waals surface area contributed by atoms with Gasteiger partial charge in [-0.25, -0.2) is 9.78 Å². The smallest absolute Gasteiger partial charge is 0.410 e. The van der Waals surface area contributed by atoms with Gasteiger partial charge in [0.25, 0.3) is 5.91 Å². The van der Waals surface area contributed by atoms with Crippen LogP contribution in [0.5, 0.6) is 0 Å². The topological polar surface area (TPSA) is 194 Å². The second-order valence-corrected chi connectivity index (χ2v) is 4.25. The van der Waals surface area contributed by atoms with Crippen LogP contribution in [-0.4, -0.2) is 77.1 Å². The summed E-state index contributed by atoms with van der Waals surface area (Å²) in [6, 6.07) is 0. The third-order valence-corrected chi connectivity index (χ3v) is 2.87. The Hall–Kier alpha value is -2.12. The molecule has 7 N–H and O–H groups in total. The highest BCUT2D eigenvalue weighted by molar-refractivity contribution is 6.01. The minimum atomic E-state index is -2.50. The van der Waals surface area contributed by atoms with Gasteiger partial charge in [-0.2, -0.15) is 4.68 Å². The van der Waals surface area contributed by atoms with Gasteiger partial charge in [0.05, 0.1) is 6.61 Å². The third-order valence-electron chi connectivity index (χ3n) is 2.87. The van der Waals surface area contributed by atoms with Crippen molar-refractivity contribution in [2.24, 2.45) is 0 Å². The van der Waals surface area contributed by atoms with E-state index in [-0.39, 0.29) is 5.82 Å². The number of aliphatic hydroxyl groups is 4. The molecule has 1 aromatic heterocycles. The van der Waals surface area contributed by atoms with Gasteiger partial charge in [-0.1, -0.05) is 0 Å². The lowest BCUT2D eigenvalue weighted by atomic mass is 10.1. The van der Waals surface area contributed by atoms with Crippen molar-refractivity contribution in [3.8, 4) is 0 Å². The highest BCUT2D eigenvalue weighted by Gasteiger charge is 2.55. The van der Waals surface area contributed by atoms with Crippen LogP contribution in [0.1, 0.15) is 5.82 Å². The van der Waals surface area contributed by atoms with E-state index in [1.54, 1.807) is 5.32 Å². The fourth-order valence-electron chi connectivity index (χ4n) is 1.82. The zero-order valence-electron chi connectivity index (χ0n) is 10.4. The van der Waals surface area contributed by atoms with E-state index >= 15 is 0 Å². The van der Waals surface area contributed by atoms with Gasteiger partial charge in [0, 0.05) is 0 Å². The van der Waals surface area contributed by atoms with Gasteiger partial charge < -0.3 is 30.3 Å². The van der Waals surface area contributed by atoms with Crippen LogP contribution in [0.2, 0.25) is 0 Å². The average molecular weight is 303 g/mol. The molecule has 1 fully saturated rings. The first-order valence-corrected chi connectivity index (χ1v) is 5.67. The van der Waals surface area contributed by atoms with Crippen LogP contribution in [0.15, 0.2) is 6.33 Å². The van der Waals surface area contributed by atoms with Crippen LogP contribution < -0.4 is 5.32 Å². The molecule has 0 spiro atoms.